The highest BCUT2D eigenvalue weighted by Crippen LogP contribution is 2.50. The summed E-state index contributed by atoms with van der Waals surface area (Å²) in [4.78, 5) is 18.0. The Morgan fingerprint density at radius 1 is 1.38 bits per heavy atom. The number of thioether (sulfide) groups is 2. The zero-order chi connectivity index (χ0) is 11.4. The molecule has 0 saturated carbocycles. The molecule has 1 spiro atoms. The first-order valence-corrected chi connectivity index (χ1v) is 7.36. The zero-order valence-electron chi connectivity index (χ0n) is 9.35. The van der Waals surface area contributed by atoms with E-state index in [-0.39, 0.29) is 5.91 Å². The number of nitrogens with zero attached hydrogens (tertiary/aromatic N) is 2. The van der Waals surface area contributed by atoms with Crippen LogP contribution in [0.4, 0.5) is 0 Å². The molecule has 0 aromatic carbocycles. The summed E-state index contributed by atoms with van der Waals surface area (Å²) in [5.74, 6) is 2.47. The number of rotatable bonds is 2. The van der Waals surface area contributed by atoms with Crippen molar-refractivity contribution in [3.05, 3.63) is 0 Å². The van der Waals surface area contributed by atoms with E-state index in [4.69, 9.17) is 0 Å². The van der Waals surface area contributed by atoms with Gasteiger partial charge in [-0.1, -0.05) is 5.16 Å². The Kier molecular flexibility index (Phi) is 4.02. The fourth-order valence-corrected chi connectivity index (χ4v) is 5.22. The van der Waals surface area contributed by atoms with E-state index in [1.54, 1.807) is 0 Å². The highest BCUT2D eigenvalue weighted by molar-refractivity contribution is 8.21. The number of oxime groups is 1. The lowest BCUT2D eigenvalue weighted by Gasteiger charge is -2.37. The van der Waals surface area contributed by atoms with Gasteiger partial charge in [0.2, 0.25) is 0 Å². The van der Waals surface area contributed by atoms with E-state index >= 15 is 0 Å². The van der Waals surface area contributed by atoms with Gasteiger partial charge in [0.25, 0.3) is 5.91 Å². The van der Waals surface area contributed by atoms with Gasteiger partial charge >= 0.3 is 0 Å². The van der Waals surface area contributed by atoms with Gasteiger partial charge in [-0.15, -0.1) is 23.5 Å². The normalized spacial score (nSPS) is 24.2. The Morgan fingerprint density at radius 3 is 2.56 bits per heavy atom. The number of piperidine rings is 1. The predicted octanol–water partition coefficient (Wildman–Crippen LogP) is 1.42. The van der Waals surface area contributed by atoms with Crippen molar-refractivity contribution in [3.8, 4) is 0 Å². The summed E-state index contributed by atoms with van der Waals surface area (Å²) >= 11 is 4.13. The molecule has 0 bridgehead atoms. The number of hydrogen-bond donors (Lipinski definition) is 0. The van der Waals surface area contributed by atoms with Crippen LogP contribution in [0.5, 0.6) is 0 Å². The molecule has 0 unspecified atom stereocenters. The molecule has 0 atom stereocenters. The average Bonchev–Trinajstić information content (AvgIpc) is 2.75. The molecular formula is C10H16N2O2S2. The van der Waals surface area contributed by atoms with Crippen molar-refractivity contribution >= 4 is 35.6 Å². The van der Waals surface area contributed by atoms with Crippen LogP contribution in [-0.2, 0) is 9.63 Å². The van der Waals surface area contributed by atoms with E-state index in [0.717, 1.165) is 25.9 Å². The second kappa shape index (κ2) is 5.31. The summed E-state index contributed by atoms with van der Waals surface area (Å²) in [6.45, 7) is 1.68. The van der Waals surface area contributed by atoms with Crippen molar-refractivity contribution in [2.75, 3.05) is 31.7 Å². The van der Waals surface area contributed by atoms with Crippen LogP contribution >= 0.6 is 23.5 Å². The first kappa shape index (κ1) is 12.1. The van der Waals surface area contributed by atoms with Gasteiger partial charge in [0.15, 0.2) is 0 Å². The standard InChI is InChI=1S/C10H16N2O2S2/c1-14-11-8-9(13)12-4-2-10(3-5-12)15-6-7-16-10/h8H,2-7H2,1H3. The Morgan fingerprint density at radius 2 is 2.00 bits per heavy atom. The van der Waals surface area contributed by atoms with Crippen LogP contribution in [-0.4, -0.2) is 52.8 Å². The summed E-state index contributed by atoms with van der Waals surface area (Å²) < 4.78 is 0.398. The van der Waals surface area contributed by atoms with E-state index in [1.807, 2.05) is 4.90 Å². The Hall–Kier alpha value is -0.360. The summed E-state index contributed by atoms with van der Waals surface area (Å²) in [6.07, 6.45) is 3.44. The monoisotopic (exact) mass is 260 g/mol. The molecule has 2 saturated heterocycles. The largest absolute Gasteiger partial charge is 0.399 e. The molecule has 16 heavy (non-hydrogen) atoms. The molecule has 90 valence electrons. The number of amides is 1. The van der Waals surface area contributed by atoms with E-state index < -0.39 is 0 Å². The Balaban J connectivity index is 1.85. The van der Waals surface area contributed by atoms with Crippen LogP contribution in [0.1, 0.15) is 12.8 Å². The highest BCUT2D eigenvalue weighted by atomic mass is 32.2. The summed E-state index contributed by atoms with van der Waals surface area (Å²) in [6, 6.07) is 0. The second-order valence-electron chi connectivity index (χ2n) is 3.85. The molecule has 0 N–H and O–H groups in total. The molecule has 2 aliphatic rings. The first-order chi connectivity index (χ1) is 7.76. The molecular weight excluding hydrogens is 244 g/mol. The van der Waals surface area contributed by atoms with Crippen LogP contribution < -0.4 is 0 Å². The van der Waals surface area contributed by atoms with E-state index in [1.165, 1.54) is 24.8 Å². The molecule has 2 fully saturated rings. The molecule has 6 heteroatoms. The number of carbonyl (C=O) groups is 1. The highest BCUT2D eigenvalue weighted by Gasteiger charge is 2.39. The maximum Gasteiger partial charge on any atom is 0.268 e. The number of likely N-dealkylation sites (tertiary alicyclic amines) is 1. The molecule has 2 rings (SSSR count). The topological polar surface area (TPSA) is 41.9 Å². The molecule has 0 aliphatic carbocycles. The van der Waals surface area contributed by atoms with Crippen molar-refractivity contribution < 1.29 is 9.63 Å². The lowest BCUT2D eigenvalue weighted by atomic mass is 10.1. The minimum atomic E-state index is -0.0373. The zero-order valence-corrected chi connectivity index (χ0v) is 11.0. The van der Waals surface area contributed by atoms with Crippen LogP contribution in [0, 0.1) is 0 Å². The van der Waals surface area contributed by atoms with Gasteiger partial charge in [0, 0.05) is 24.6 Å². The fraction of sp³-hybridized carbons (Fsp3) is 0.800. The van der Waals surface area contributed by atoms with Crippen LogP contribution in [0.3, 0.4) is 0 Å². The molecule has 4 nitrogen and oxygen atoms in total. The fourth-order valence-electron chi connectivity index (χ4n) is 2.03. The molecule has 0 radical (unpaired) electrons. The maximum absolute atomic E-state index is 11.6. The lowest BCUT2D eigenvalue weighted by Crippen LogP contribution is -2.43. The van der Waals surface area contributed by atoms with Crippen molar-refractivity contribution in [2.45, 2.75) is 16.9 Å². The third kappa shape index (κ3) is 2.66. The minimum absolute atomic E-state index is 0.0373. The predicted molar refractivity (Wildman–Crippen MR) is 69.0 cm³/mol. The Labute approximate surface area is 104 Å². The van der Waals surface area contributed by atoms with Crippen molar-refractivity contribution in [1.29, 1.82) is 0 Å². The number of carbonyl (C=O) groups excluding carboxylic acids is 1. The minimum Gasteiger partial charge on any atom is -0.399 e. The van der Waals surface area contributed by atoms with Crippen molar-refractivity contribution in [3.63, 3.8) is 0 Å². The van der Waals surface area contributed by atoms with Crippen LogP contribution in [0.25, 0.3) is 0 Å². The molecule has 1 amide bonds. The molecule has 2 aliphatic heterocycles. The molecule has 0 aromatic heterocycles. The van der Waals surface area contributed by atoms with E-state index in [0.29, 0.717) is 4.08 Å². The van der Waals surface area contributed by atoms with Crippen molar-refractivity contribution in [1.82, 2.24) is 4.90 Å². The summed E-state index contributed by atoms with van der Waals surface area (Å²) in [7, 11) is 1.45. The van der Waals surface area contributed by atoms with E-state index in [2.05, 4.69) is 33.5 Å². The quantitative estimate of drug-likeness (QED) is 0.556. The maximum atomic E-state index is 11.6. The third-order valence-corrected chi connectivity index (χ3v) is 6.57. The van der Waals surface area contributed by atoms with Gasteiger partial charge in [0.05, 0.1) is 4.08 Å². The second-order valence-corrected chi connectivity index (χ2v) is 7.07. The lowest BCUT2D eigenvalue weighted by molar-refractivity contribution is -0.124. The SMILES string of the molecule is CON=CC(=O)N1CCC2(CC1)SCCS2. The Bertz CT molecular complexity index is 281. The van der Waals surface area contributed by atoms with E-state index in [9.17, 15) is 4.79 Å². The van der Waals surface area contributed by atoms with Gasteiger partial charge in [-0.05, 0) is 12.8 Å². The van der Waals surface area contributed by atoms with Gasteiger partial charge in [0.1, 0.15) is 13.3 Å². The third-order valence-electron chi connectivity index (χ3n) is 2.92. The van der Waals surface area contributed by atoms with Gasteiger partial charge < -0.3 is 9.74 Å². The van der Waals surface area contributed by atoms with Crippen LogP contribution in [0.15, 0.2) is 5.16 Å². The summed E-state index contributed by atoms with van der Waals surface area (Å²) in [5, 5.41) is 3.51. The molecule has 2 heterocycles. The van der Waals surface area contributed by atoms with Gasteiger partial charge in [-0.2, -0.15) is 0 Å². The molecule has 0 aromatic rings. The summed E-state index contributed by atoms with van der Waals surface area (Å²) in [5.41, 5.74) is 0. The smallest absolute Gasteiger partial charge is 0.268 e. The van der Waals surface area contributed by atoms with Gasteiger partial charge in [-0.3, -0.25) is 4.79 Å². The van der Waals surface area contributed by atoms with Crippen LogP contribution in [0.2, 0.25) is 0 Å². The van der Waals surface area contributed by atoms with Gasteiger partial charge in [-0.25, -0.2) is 0 Å². The first-order valence-electron chi connectivity index (χ1n) is 5.39. The number of hydrogen-bond acceptors (Lipinski definition) is 5. The average molecular weight is 260 g/mol. The van der Waals surface area contributed by atoms with Crippen molar-refractivity contribution in [2.24, 2.45) is 5.16 Å².